The monoisotopic (exact) mass is 648 g/mol. The first-order valence-electron chi connectivity index (χ1n) is 17.6. The number of rotatable bonds is 6. The molecule has 0 radical (unpaired) electrons. The van der Waals surface area contributed by atoms with Crippen LogP contribution in [0.15, 0.2) is 48.5 Å². The summed E-state index contributed by atoms with van der Waals surface area (Å²) in [5.41, 5.74) is -11.4. The minimum Gasteiger partial charge on any atom is -0.496 e. The summed E-state index contributed by atoms with van der Waals surface area (Å²) in [5.74, 6) is -5.67. The van der Waals surface area contributed by atoms with Crippen LogP contribution in [0.4, 0.5) is 48.7 Å². The molecule has 3 aromatic carbocycles. The molecule has 14 heteroatoms. The van der Waals surface area contributed by atoms with Gasteiger partial charge in [0.15, 0.2) is 0 Å². The van der Waals surface area contributed by atoms with Crippen molar-refractivity contribution in [2.45, 2.75) is 63.7 Å². The number of alkyl halides is 9. The molecule has 1 amide bonds. The van der Waals surface area contributed by atoms with Crippen LogP contribution in [-0.2, 0) is 29.8 Å². The van der Waals surface area contributed by atoms with Gasteiger partial charge in [-0.05, 0) is 72.0 Å². The molecule has 1 aliphatic rings. The molecular weight excluding hydrogens is 612 g/mol. The zero-order valence-corrected chi connectivity index (χ0v) is 21.8. The van der Waals surface area contributed by atoms with Crippen molar-refractivity contribution in [2.75, 3.05) is 7.04 Å². The van der Waals surface area contributed by atoms with Crippen molar-refractivity contribution in [3.05, 3.63) is 87.7 Å². The maximum atomic E-state index is 15.8. The van der Waals surface area contributed by atoms with Crippen LogP contribution < -0.4 is 4.74 Å². The van der Waals surface area contributed by atoms with Crippen LogP contribution in [0.1, 0.15) is 81.1 Å². The lowest BCUT2D eigenvalue weighted by Gasteiger charge is -2.25. The predicted molar refractivity (Wildman–Crippen MR) is 138 cm³/mol. The van der Waals surface area contributed by atoms with E-state index in [0.29, 0.717) is 18.2 Å². The molecule has 0 spiro atoms. The number of ether oxygens (including phenoxy) is 2. The van der Waals surface area contributed by atoms with Crippen molar-refractivity contribution in [2.24, 2.45) is 0 Å². The first-order chi connectivity index (χ1) is 24.6. The molecular formula is C30H25F10NO3. The van der Waals surface area contributed by atoms with E-state index >= 15 is 4.39 Å². The van der Waals surface area contributed by atoms with Crippen molar-refractivity contribution in [3.63, 3.8) is 0 Å². The summed E-state index contributed by atoms with van der Waals surface area (Å²) in [6.07, 6.45) is -20.1. The van der Waals surface area contributed by atoms with Crippen LogP contribution in [0, 0.1) is 5.82 Å². The summed E-state index contributed by atoms with van der Waals surface area (Å²) in [7, 11) is -3.51. The second-order valence-electron chi connectivity index (χ2n) is 9.49. The fourth-order valence-electron chi connectivity index (χ4n) is 4.58. The minimum absolute atomic E-state index is 0.0154. The third kappa shape index (κ3) is 6.43. The number of nitrogens with zero attached hydrogens (tertiary/aromatic N) is 1. The summed E-state index contributed by atoms with van der Waals surface area (Å²) >= 11 is 0. The topological polar surface area (TPSA) is 38.8 Å². The van der Waals surface area contributed by atoms with Gasteiger partial charge in [0, 0.05) is 19.4 Å². The summed E-state index contributed by atoms with van der Waals surface area (Å²) in [6.45, 7) is -10.2. The van der Waals surface area contributed by atoms with Crippen LogP contribution in [0.5, 0.6) is 5.75 Å². The number of carbonyl (C=O) groups is 1. The Balaban J connectivity index is 2.08. The molecule has 2 atom stereocenters. The molecule has 3 aromatic rings. The Morgan fingerprint density at radius 2 is 1.52 bits per heavy atom. The zero-order chi connectivity index (χ0) is 42.2. The quantitative estimate of drug-likeness (QED) is 0.250. The predicted octanol–water partition coefficient (Wildman–Crippen LogP) is 9.76. The van der Waals surface area contributed by atoms with Gasteiger partial charge >= 0.3 is 24.6 Å². The van der Waals surface area contributed by atoms with Crippen LogP contribution in [0.2, 0.25) is 0 Å². The van der Waals surface area contributed by atoms with Gasteiger partial charge in [-0.1, -0.05) is 19.8 Å². The van der Waals surface area contributed by atoms with Gasteiger partial charge in [-0.15, -0.1) is 0 Å². The van der Waals surface area contributed by atoms with Gasteiger partial charge in [-0.3, -0.25) is 4.90 Å². The number of hydrogen-bond donors (Lipinski definition) is 0. The molecule has 44 heavy (non-hydrogen) atoms. The molecule has 0 aliphatic carbocycles. The molecule has 0 bridgehead atoms. The number of methoxy groups -OCH3 is 1. The number of amides is 1. The van der Waals surface area contributed by atoms with Crippen LogP contribution in [0.3, 0.4) is 0 Å². The zero-order valence-electron chi connectivity index (χ0n) is 32.8. The van der Waals surface area contributed by atoms with E-state index < -0.39 is 126 Å². The highest BCUT2D eigenvalue weighted by atomic mass is 19.4. The molecule has 1 saturated heterocycles. The highest BCUT2D eigenvalue weighted by molar-refractivity contribution is 5.79. The van der Waals surface area contributed by atoms with E-state index in [0.717, 1.165) is 6.92 Å². The van der Waals surface area contributed by atoms with Gasteiger partial charge in [0.2, 0.25) is 0 Å². The first kappa shape index (κ1) is 20.9. The lowest BCUT2D eigenvalue weighted by Crippen LogP contribution is -2.32. The SMILES string of the molecule is [2H]C([2H])([2H])Oc1ccc(F)c(C(C([2H])([2H])[2H])C([2H])([2H])[2H])c1-c1ccc(C(F)(F)F)cc1C([2H])([2H])N1C(=O)O[C@H](c2cc(C(F)(F)F)cc(C(F)(F)F)c2)[C@@H]1C. The highest BCUT2D eigenvalue weighted by Gasteiger charge is 2.44. The normalized spacial score (nSPS) is 22.7. The number of hydrogen-bond acceptors (Lipinski definition) is 3. The van der Waals surface area contributed by atoms with Crippen molar-refractivity contribution in [3.8, 4) is 16.9 Å². The van der Waals surface area contributed by atoms with Gasteiger partial charge < -0.3 is 9.47 Å². The molecule has 238 valence electrons. The van der Waals surface area contributed by atoms with E-state index in [1.807, 2.05) is 0 Å². The molecule has 1 aliphatic heterocycles. The molecule has 0 saturated carbocycles. The summed E-state index contributed by atoms with van der Waals surface area (Å²) in [4.78, 5) is 13.3. The van der Waals surface area contributed by atoms with Crippen LogP contribution in [-0.4, -0.2) is 24.1 Å². The van der Waals surface area contributed by atoms with Crippen LogP contribution in [0.25, 0.3) is 11.1 Å². The average molecular weight is 649 g/mol. The minimum atomic E-state index is -5.39. The third-order valence-corrected chi connectivity index (χ3v) is 6.62. The number of halogens is 10. The van der Waals surface area contributed by atoms with Gasteiger partial charge in [0.05, 0.1) is 43.1 Å². The van der Waals surface area contributed by atoms with Crippen molar-refractivity contribution in [1.82, 2.24) is 4.90 Å². The molecule has 1 fully saturated rings. The van der Waals surface area contributed by atoms with E-state index in [-0.39, 0.29) is 35.2 Å². The van der Waals surface area contributed by atoms with Gasteiger partial charge in [-0.2, -0.15) is 39.5 Å². The van der Waals surface area contributed by atoms with Crippen LogP contribution >= 0.6 is 0 Å². The number of carbonyl (C=O) groups excluding carboxylic acids is 1. The second kappa shape index (κ2) is 11.5. The Bertz CT molecular complexity index is 1910. The molecule has 0 aromatic heterocycles. The van der Waals surface area contributed by atoms with E-state index in [1.54, 1.807) is 0 Å². The molecule has 4 rings (SSSR count). The third-order valence-electron chi connectivity index (χ3n) is 6.62. The lowest BCUT2D eigenvalue weighted by atomic mass is 9.88. The van der Waals surface area contributed by atoms with E-state index in [9.17, 15) is 44.3 Å². The van der Waals surface area contributed by atoms with E-state index in [2.05, 4.69) is 0 Å². The molecule has 0 N–H and O–H groups in total. The lowest BCUT2D eigenvalue weighted by molar-refractivity contribution is -0.143. The molecule has 1 heterocycles. The Morgan fingerprint density at radius 3 is 2.07 bits per heavy atom. The van der Waals surface area contributed by atoms with E-state index in [4.69, 9.17) is 24.6 Å². The van der Waals surface area contributed by atoms with Crippen molar-refractivity contribution >= 4 is 6.09 Å². The first-order valence-corrected chi connectivity index (χ1v) is 12.1. The van der Waals surface area contributed by atoms with Gasteiger partial charge in [-0.25, -0.2) is 9.18 Å². The molecule has 0 unspecified atom stereocenters. The maximum Gasteiger partial charge on any atom is 0.416 e. The average Bonchev–Trinajstić information content (AvgIpc) is 3.29. The van der Waals surface area contributed by atoms with Crippen molar-refractivity contribution < 1.29 is 73.3 Å². The van der Waals surface area contributed by atoms with Crippen molar-refractivity contribution in [1.29, 1.82) is 0 Å². The summed E-state index contributed by atoms with van der Waals surface area (Å²) in [6, 6.07) is -0.336. The van der Waals surface area contributed by atoms with Gasteiger partial charge in [0.25, 0.3) is 0 Å². The smallest absolute Gasteiger partial charge is 0.416 e. The number of benzene rings is 3. The Kier molecular flexibility index (Phi) is 5.46. The van der Waals surface area contributed by atoms with Gasteiger partial charge in [0.1, 0.15) is 17.7 Å². The maximum absolute atomic E-state index is 15.8. The fraction of sp³-hybridized carbons (Fsp3) is 0.367. The fourth-order valence-corrected chi connectivity index (χ4v) is 4.58. The largest absolute Gasteiger partial charge is 0.496 e. The Labute approximate surface area is 260 Å². The summed E-state index contributed by atoms with van der Waals surface area (Å²) < 4.78 is 238. The highest BCUT2D eigenvalue weighted by Crippen LogP contribution is 2.45. The summed E-state index contributed by atoms with van der Waals surface area (Å²) in [5, 5.41) is 0. The number of cyclic esters (lactones) is 1. The Hall–Kier alpha value is -3.97. The Morgan fingerprint density at radius 1 is 0.909 bits per heavy atom. The second-order valence-corrected chi connectivity index (χ2v) is 9.49. The molecule has 4 nitrogen and oxygen atoms in total. The standard InChI is InChI=1S/C30H25F10NO3/c1-14(2)24-22(31)7-8-23(43-4)25(24)21-6-5-18(28(32,33)34)11-17(21)13-41-15(3)26(44-27(41)42)16-9-19(29(35,36)37)12-20(10-16)30(38,39)40/h5-12,14-15,26H,13H2,1-4H3/t15-,26-/m0/s1/i1D3,2D3,4D3,13D2. The van der Waals surface area contributed by atoms with E-state index in [1.165, 1.54) is 0 Å².